The summed E-state index contributed by atoms with van der Waals surface area (Å²) < 4.78 is 10.7. The molecule has 0 atom stereocenters. The Labute approximate surface area is 106 Å². The van der Waals surface area contributed by atoms with Gasteiger partial charge in [-0.2, -0.15) is 0 Å². The van der Waals surface area contributed by atoms with Crippen molar-refractivity contribution >= 4 is 5.82 Å². The molecule has 3 rings (SSSR count). The summed E-state index contributed by atoms with van der Waals surface area (Å²) in [6.45, 7) is 0. The van der Waals surface area contributed by atoms with Gasteiger partial charge in [0.1, 0.15) is 0 Å². The molecule has 0 amide bonds. The van der Waals surface area contributed by atoms with Crippen molar-refractivity contribution in [2.45, 2.75) is 24.9 Å². The predicted molar refractivity (Wildman–Crippen MR) is 69.0 cm³/mol. The van der Waals surface area contributed by atoms with E-state index >= 15 is 0 Å². The van der Waals surface area contributed by atoms with Crippen LogP contribution in [-0.2, 0) is 11.2 Å². The molecule has 0 bridgehead atoms. The normalized spacial score (nSPS) is 16.7. The molecule has 1 heterocycles. The quantitative estimate of drug-likeness (QED) is 0.898. The predicted octanol–water partition coefficient (Wildman–Crippen LogP) is 2.65. The molecule has 94 valence electrons. The van der Waals surface area contributed by atoms with Crippen molar-refractivity contribution in [3.8, 4) is 11.3 Å². The highest BCUT2D eigenvalue weighted by atomic mass is 16.5. The number of benzene rings is 1. The Bertz CT molecular complexity index is 558. The number of anilines is 1. The average molecular weight is 244 g/mol. The van der Waals surface area contributed by atoms with Gasteiger partial charge in [0, 0.05) is 25.2 Å². The number of methoxy groups -OCH3 is 1. The average Bonchev–Trinajstić information content (AvgIpc) is 3.02. The first kappa shape index (κ1) is 11.3. The van der Waals surface area contributed by atoms with Crippen LogP contribution in [0.2, 0.25) is 0 Å². The topological polar surface area (TPSA) is 61.3 Å². The van der Waals surface area contributed by atoms with Crippen molar-refractivity contribution in [1.82, 2.24) is 5.16 Å². The van der Waals surface area contributed by atoms with Crippen molar-refractivity contribution < 1.29 is 9.26 Å². The number of ether oxygens (including phenoxy) is 1. The van der Waals surface area contributed by atoms with Gasteiger partial charge in [0.05, 0.1) is 5.60 Å². The second kappa shape index (κ2) is 4.14. The number of hydrogen-bond acceptors (Lipinski definition) is 4. The van der Waals surface area contributed by atoms with Gasteiger partial charge in [-0.05, 0) is 24.5 Å². The first-order valence-corrected chi connectivity index (χ1v) is 6.07. The molecular weight excluding hydrogens is 228 g/mol. The lowest BCUT2D eigenvalue weighted by atomic mass is 10.0. The van der Waals surface area contributed by atoms with E-state index in [0.29, 0.717) is 11.6 Å². The molecule has 0 aliphatic heterocycles. The standard InChI is InChI=1S/C14H16N2O2/c1-17-14(5-6-14)9-10-3-2-4-11(7-10)12-8-13(15)16-18-12/h2-4,7-8H,5-6,9H2,1H3,(H2,15,16). The van der Waals surface area contributed by atoms with Crippen LogP contribution in [0.3, 0.4) is 0 Å². The molecule has 4 heteroatoms. The third kappa shape index (κ3) is 2.11. The van der Waals surface area contributed by atoms with Gasteiger partial charge < -0.3 is 15.0 Å². The highest BCUT2D eigenvalue weighted by Crippen LogP contribution is 2.42. The van der Waals surface area contributed by atoms with Gasteiger partial charge in [0.15, 0.2) is 11.6 Å². The Hall–Kier alpha value is -1.81. The fourth-order valence-corrected chi connectivity index (χ4v) is 2.22. The third-order valence-corrected chi connectivity index (χ3v) is 3.51. The summed E-state index contributed by atoms with van der Waals surface area (Å²) in [5.41, 5.74) is 7.89. The molecule has 1 fully saturated rings. The highest BCUT2D eigenvalue weighted by Gasteiger charge is 2.42. The van der Waals surface area contributed by atoms with E-state index in [1.54, 1.807) is 13.2 Å². The van der Waals surface area contributed by atoms with Gasteiger partial charge in [0.25, 0.3) is 0 Å². The molecule has 1 aliphatic carbocycles. The van der Waals surface area contributed by atoms with Crippen LogP contribution >= 0.6 is 0 Å². The van der Waals surface area contributed by atoms with Crippen LogP contribution in [0.1, 0.15) is 18.4 Å². The maximum absolute atomic E-state index is 5.56. The fraction of sp³-hybridized carbons (Fsp3) is 0.357. The van der Waals surface area contributed by atoms with E-state index in [4.69, 9.17) is 15.0 Å². The minimum Gasteiger partial charge on any atom is -0.381 e. The van der Waals surface area contributed by atoms with Crippen LogP contribution in [0.15, 0.2) is 34.9 Å². The summed E-state index contributed by atoms with van der Waals surface area (Å²) in [7, 11) is 1.79. The lowest BCUT2D eigenvalue weighted by molar-refractivity contribution is 0.0808. The van der Waals surface area contributed by atoms with Crippen LogP contribution in [0.5, 0.6) is 0 Å². The van der Waals surface area contributed by atoms with Crippen LogP contribution in [-0.4, -0.2) is 17.9 Å². The van der Waals surface area contributed by atoms with E-state index in [-0.39, 0.29) is 5.60 Å². The molecule has 1 aromatic heterocycles. The number of rotatable bonds is 4. The lowest BCUT2D eigenvalue weighted by Crippen LogP contribution is -2.14. The summed E-state index contributed by atoms with van der Waals surface area (Å²) in [6, 6.07) is 9.98. The first-order valence-electron chi connectivity index (χ1n) is 6.07. The molecule has 2 N–H and O–H groups in total. The number of nitrogen functional groups attached to an aromatic ring is 1. The summed E-state index contributed by atoms with van der Waals surface area (Å²) >= 11 is 0. The van der Waals surface area contributed by atoms with Crippen LogP contribution < -0.4 is 5.73 Å². The second-order valence-corrected chi connectivity index (χ2v) is 4.88. The molecule has 0 unspecified atom stereocenters. The Kier molecular flexibility index (Phi) is 2.59. The minimum atomic E-state index is 0.0685. The Balaban J connectivity index is 1.85. The molecule has 0 spiro atoms. The second-order valence-electron chi connectivity index (χ2n) is 4.88. The third-order valence-electron chi connectivity index (χ3n) is 3.51. The molecule has 1 aromatic carbocycles. The van der Waals surface area contributed by atoms with Gasteiger partial charge >= 0.3 is 0 Å². The molecular formula is C14H16N2O2. The monoisotopic (exact) mass is 244 g/mol. The minimum absolute atomic E-state index is 0.0685. The number of aromatic nitrogens is 1. The molecule has 0 saturated heterocycles. The molecule has 0 radical (unpaired) electrons. The summed E-state index contributed by atoms with van der Waals surface area (Å²) in [6.07, 6.45) is 3.23. The maximum atomic E-state index is 5.56. The fourth-order valence-electron chi connectivity index (χ4n) is 2.22. The van der Waals surface area contributed by atoms with Gasteiger partial charge in [-0.1, -0.05) is 23.4 Å². The van der Waals surface area contributed by atoms with Crippen molar-refractivity contribution in [3.05, 3.63) is 35.9 Å². The van der Waals surface area contributed by atoms with Crippen LogP contribution in [0.4, 0.5) is 5.82 Å². The van der Waals surface area contributed by atoms with E-state index in [9.17, 15) is 0 Å². The largest absolute Gasteiger partial charge is 0.381 e. The zero-order chi connectivity index (χ0) is 12.6. The van der Waals surface area contributed by atoms with Gasteiger partial charge in [-0.15, -0.1) is 0 Å². The van der Waals surface area contributed by atoms with Crippen molar-refractivity contribution in [1.29, 1.82) is 0 Å². The van der Waals surface area contributed by atoms with Gasteiger partial charge in [0.2, 0.25) is 0 Å². The zero-order valence-electron chi connectivity index (χ0n) is 10.3. The number of nitrogens with two attached hydrogens (primary N) is 1. The van der Waals surface area contributed by atoms with Crippen LogP contribution in [0.25, 0.3) is 11.3 Å². The van der Waals surface area contributed by atoms with Crippen molar-refractivity contribution in [2.75, 3.05) is 12.8 Å². The maximum Gasteiger partial charge on any atom is 0.169 e. The van der Waals surface area contributed by atoms with E-state index < -0.39 is 0 Å². The SMILES string of the molecule is COC1(Cc2cccc(-c3cc(N)no3)c2)CC1. The number of nitrogens with zero attached hydrogens (tertiary/aromatic N) is 1. The molecule has 4 nitrogen and oxygen atoms in total. The highest BCUT2D eigenvalue weighted by molar-refractivity contribution is 5.60. The summed E-state index contributed by atoms with van der Waals surface area (Å²) in [5, 5.41) is 3.70. The smallest absolute Gasteiger partial charge is 0.169 e. The Morgan fingerprint density at radius 1 is 1.39 bits per heavy atom. The summed E-state index contributed by atoms with van der Waals surface area (Å²) in [4.78, 5) is 0. The van der Waals surface area contributed by atoms with Crippen molar-refractivity contribution in [2.24, 2.45) is 0 Å². The summed E-state index contributed by atoms with van der Waals surface area (Å²) in [5.74, 6) is 1.11. The Morgan fingerprint density at radius 3 is 2.83 bits per heavy atom. The number of hydrogen-bond donors (Lipinski definition) is 1. The van der Waals surface area contributed by atoms with Gasteiger partial charge in [-0.25, -0.2) is 0 Å². The molecule has 1 aliphatic rings. The molecule has 18 heavy (non-hydrogen) atoms. The first-order chi connectivity index (χ1) is 8.71. The Morgan fingerprint density at radius 2 is 2.22 bits per heavy atom. The van der Waals surface area contributed by atoms with Gasteiger partial charge in [-0.3, -0.25) is 0 Å². The van der Waals surface area contributed by atoms with E-state index in [1.165, 1.54) is 5.56 Å². The van der Waals surface area contributed by atoms with E-state index in [0.717, 1.165) is 24.8 Å². The van der Waals surface area contributed by atoms with Crippen LogP contribution in [0, 0.1) is 0 Å². The lowest BCUT2D eigenvalue weighted by Gasteiger charge is -2.13. The molecule has 1 saturated carbocycles. The molecule has 2 aromatic rings. The van der Waals surface area contributed by atoms with Crippen molar-refractivity contribution in [3.63, 3.8) is 0 Å². The van der Waals surface area contributed by atoms with E-state index in [2.05, 4.69) is 17.3 Å². The van der Waals surface area contributed by atoms with E-state index in [1.807, 2.05) is 12.1 Å². The zero-order valence-corrected chi connectivity index (χ0v) is 10.3.